The summed E-state index contributed by atoms with van der Waals surface area (Å²) < 4.78 is 15.8. The number of pyridine rings is 1. The highest BCUT2D eigenvalue weighted by Gasteiger charge is 2.13. The Morgan fingerprint density at radius 3 is 2.75 bits per heavy atom. The van der Waals surface area contributed by atoms with Crippen LogP contribution in [0.1, 0.15) is 18.1 Å². The summed E-state index contributed by atoms with van der Waals surface area (Å²) in [6.07, 6.45) is 1.09. The molecule has 0 unspecified atom stereocenters. The van der Waals surface area contributed by atoms with Crippen LogP contribution in [0, 0.1) is 0 Å². The summed E-state index contributed by atoms with van der Waals surface area (Å²) in [7, 11) is 3.17. The molecule has 0 aliphatic rings. The van der Waals surface area contributed by atoms with Crippen LogP contribution in [0.3, 0.4) is 0 Å². The van der Waals surface area contributed by atoms with E-state index in [1.807, 2.05) is 30.3 Å². The summed E-state index contributed by atoms with van der Waals surface area (Å²) in [5.74, 6) is 1.11. The number of aromatic nitrogens is 1. The minimum atomic E-state index is -0.556. The number of hydrogen-bond acceptors (Lipinski definition) is 5. The number of benzene rings is 1. The molecule has 0 saturated carbocycles. The van der Waals surface area contributed by atoms with Crippen molar-refractivity contribution in [1.82, 2.24) is 10.3 Å². The highest BCUT2D eigenvalue weighted by atomic mass is 16.5. The number of amides is 1. The summed E-state index contributed by atoms with van der Waals surface area (Å²) in [6.45, 7) is 2.46. The van der Waals surface area contributed by atoms with E-state index in [2.05, 4.69) is 10.3 Å². The van der Waals surface area contributed by atoms with Gasteiger partial charge >= 0.3 is 0 Å². The van der Waals surface area contributed by atoms with E-state index in [9.17, 15) is 4.79 Å². The van der Waals surface area contributed by atoms with Crippen molar-refractivity contribution >= 4 is 5.91 Å². The van der Waals surface area contributed by atoms with Crippen LogP contribution in [-0.4, -0.2) is 31.2 Å². The van der Waals surface area contributed by atoms with Crippen LogP contribution in [0.25, 0.3) is 0 Å². The monoisotopic (exact) mass is 330 g/mol. The quantitative estimate of drug-likeness (QED) is 0.804. The first-order valence-corrected chi connectivity index (χ1v) is 7.63. The zero-order valence-corrected chi connectivity index (χ0v) is 14.1. The molecule has 0 fully saturated rings. The van der Waals surface area contributed by atoms with Gasteiger partial charge in [-0.25, -0.2) is 4.98 Å². The average Bonchev–Trinajstić information content (AvgIpc) is 2.64. The minimum absolute atomic E-state index is 0.173. The third-order valence-corrected chi connectivity index (χ3v) is 3.48. The largest absolute Gasteiger partial charge is 0.497 e. The van der Waals surface area contributed by atoms with Gasteiger partial charge in [0.15, 0.2) is 0 Å². The molecule has 6 heteroatoms. The second-order valence-corrected chi connectivity index (χ2v) is 5.23. The van der Waals surface area contributed by atoms with Crippen LogP contribution >= 0.6 is 0 Å². The fraction of sp³-hybridized carbons (Fsp3) is 0.333. The lowest BCUT2D eigenvalue weighted by atomic mass is 10.2. The maximum absolute atomic E-state index is 12.1. The standard InChI is InChI=1S/C18H22N2O4/c1-13(24-12-15-5-4-6-16(9-15)22-2)18(21)20-11-14-7-8-19-17(10-14)23-3/h4-10,13H,11-12H2,1-3H3,(H,20,21)/t13-/m1/s1. The molecule has 0 saturated heterocycles. The molecule has 0 aliphatic heterocycles. The van der Waals surface area contributed by atoms with E-state index in [-0.39, 0.29) is 5.91 Å². The number of nitrogens with one attached hydrogen (secondary N) is 1. The van der Waals surface area contributed by atoms with Gasteiger partial charge in [-0.15, -0.1) is 0 Å². The van der Waals surface area contributed by atoms with Gasteiger partial charge in [-0.05, 0) is 36.2 Å². The van der Waals surface area contributed by atoms with Crippen LogP contribution < -0.4 is 14.8 Å². The van der Waals surface area contributed by atoms with Gasteiger partial charge < -0.3 is 19.5 Å². The number of carbonyl (C=O) groups excluding carboxylic acids is 1. The molecule has 2 rings (SSSR count). The maximum atomic E-state index is 12.1. The zero-order valence-electron chi connectivity index (χ0n) is 14.1. The molecule has 128 valence electrons. The average molecular weight is 330 g/mol. The van der Waals surface area contributed by atoms with E-state index >= 15 is 0 Å². The van der Waals surface area contributed by atoms with Gasteiger partial charge in [-0.3, -0.25) is 4.79 Å². The molecule has 1 heterocycles. The summed E-state index contributed by atoms with van der Waals surface area (Å²) >= 11 is 0. The van der Waals surface area contributed by atoms with E-state index in [1.165, 1.54) is 0 Å². The third-order valence-electron chi connectivity index (χ3n) is 3.48. The van der Waals surface area contributed by atoms with Crippen molar-refractivity contribution in [3.8, 4) is 11.6 Å². The molecule has 0 radical (unpaired) electrons. The van der Waals surface area contributed by atoms with Crippen molar-refractivity contribution in [1.29, 1.82) is 0 Å². The van der Waals surface area contributed by atoms with Gasteiger partial charge in [0.1, 0.15) is 11.9 Å². The number of rotatable bonds is 8. The summed E-state index contributed by atoms with van der Waals surface area (Å²) in [5.41, 5.74) is 1.86. The SMILES string of the molecule is COc1cccc(CO[C@H](C)C(=O)NCc2ccnc(OC)c2)c1. The van der Waals surface area contributed by atoms with Gasteiger partial charge in [0.05, 0.1) is 20.8 Å². The highest BCUT2D eigenvalue weighted by molar-refractivity contribution is 5.80. The molecule has 1 atom stereocenters. The van der Waals surface area contributed by atoms with E-state index in [1.54, 1.807) is 33.4 Å². The van der Waals surface area contributed by atoms with E-state index in [4.69, 9.17) is 14.2 Å². The van der Waals surface area contributed by atoms with Gasteiger partial charge in [0.2, 0.25) is 11.8 Å². The van der Waals surface area contributed by atoms with Gasteiger partial charge in [-0.1, -0.05) is 12.1 Å². The molecule has 0 bridgehead atoms. The second kappa shape index (κ2) is 8.88. The van der Waals surface area contributed by atoms with Gasteiger partial charge in [-0.2, -0.15) is 0 Å². The number of ether oxygens (including phenoxy) is 3. The van der Waals surface area contributed by atoms with Crippen LogP contribution in [0.4, 0.5) is 0 Å². The first-order chi connectivity index (χ1) is 11.6. The molecular formula is C18H22N2O4. The van der Waals surface area contributed by atoms with Gasteiger partial charge in [0, 0.05) is 18.8 Å². The fourth-order valence-electron chi connectivity index (χ4n) is 2.06. The Morgan fingerprint density at radius 1 is 1.17 bits per heavy atom. The second-order valence-electron chi connectivity index (χ2n) is 5.23. The van der Waals surface area contributed by atoms with E-state index < -0.39 is 6.10 Å². The lowest BCUT2D eigenvalue weighted by molar-refractivity contribution is -0.132. The Hall–Kier alpha value is -2.60. The van der Waals surface area contributed by atoms with Crippen LogP contribution in [0.15, 0.2) is 42.6 Å². The lowest BCUT2D eigenvalue weighted by Gasteiger charge is -2.14. The third kappa shape index (κ3) is 5.24. The molecule has 0 aliphatic carbocycles. The molecule has 0 spiro atoms. The number of nitrogens with zero attached hydrogens (tertiary/aromatic N) is 1. The minimum Gasteiger partial charge on any atom is -0.497 e. The molecule has 1 aromatic heterocycles. The number of hydrogen-bond donors (Lipinski definition) is 1. The van der Waals surface area contributed by atoms with Gasteiger partial charge in [0.25, 0.3) is 0 Å². The summed E-state index contributed by atoms with van der Waals surface area (Å²) in [4.78, 5) is 16.1. The zero-order chi connectivity index (χ0) is 17.4. The van der Waals surface area contributed by atoms with Crippen molar-refractivity contribution in [3.05, 3.63) is 53.7 Å². The molecule has 1 aromatic carbocycles. The molecule has 1 N–H and O–H groups in total. The topological polar surface area (TPSA) is 69.7 Å². The molecular weight excluding hydrogens is 308 g/mol. The Kier molecular flexibility index (Phi) is 6.57. The fourth-order valence-corrected chi connectivity index (χ4v) is 2.06. The maximum Gasteiger partial charge on any atom is 0.249 e. The molecule has 6 nitrogen and oxygen atoms in total. The number of carbonyl (C=O) groups is 1. The van der Waals surface area contributed by atoms with Crippen molar-refractivity contribution in [2.24, 2.45) is 0 Å². The van der Waals surface area contributed by atoms with Crippen molar-refractivity contribution in [2.45, 2.75) is 26.2 Å². The first-order valence-electron chi connectivity index (χ1n) is 7.63. The lowest BCUT2D eigenvalue weighted by Crippen LogP contribution is -2.34. The number of methoxy groups -OCH3 is 2. The Morgan fingerprint density at radius 2 is 2.00 bits per heavy atom. The Balaban J connectivity index is 1.81. The van der Waals surface area contributed by atoms with Crippen LogP contribution in [-0.2, 0) is 22.7 Å². The smallest absolute Gasteiger partial charge is 0.249 e. The summed E-state index contributed by atoms with van der Waals surface area (Å²) in [5, 5.41) is 2.84. The Labute approximate surface area is 141 Å². The summed E-state index contributed by atoms with van der Waals surface area (Å²) in [6, 6.07) is 11.2. The normalized spacial score (nSPS) is 11.6. The Bertz CT molecular complexity index is 676. The van der Waals surface area contributed by atoms with Crippen LogP contribution in [0.5, 0.6) is 11.6 Å². The molecule has 2 aromatic rings. The van der Waals surface area contributed by atoms with Crippen molar-refractivity contribution < 1.29 is 19.0 Å². The molecule has 1 amide bonds. The predicted octanol–water partition coefficient (Wildman–Crippen LogP) is 2.32. The van der Waals surface area contributed by atoms with Crippen LogP contribution in [0.2, 0.25) is 0 Å². The van der Waals surface area contributed by atoms with E-state index in [0.29, 0.717) is 19.0 Å². The highest BCUT2D eigenvalue weighted by Crippen LogP contribution is 2.14. The first kappa shape index (κ1) is 17.7. The molecule has 24 heavy (non-hydrogen) atoms. The van der Waals surface area contributed by atoms with E-state index in [0.717, 1.165) is 16.9 Å². The van der Waals surface area contributed by atoms with Crippen molar-refractivity contribution in [2.75, 3.05) is 14.2 Å². The van der Waals surface area contributed by atoms with Crippen molar-refractivity contribution in [3.63, 3.8) is 0 Å². The predicted molar refractivity (Wildman–Crippen MR) is 89.9 cm³/mol.